The number of morpholine rings is 1. The molecule has 2 aliphatic rings. The molecule has 0 aromatic heterocycles. The number of carbonyl (C=O) groups is 2. The number of benzene rings is 1. The van der Waals surface area contributed by atoms with Crippen LogP contribution >= 0.6 is 0 Å². The Hall–Kier alpha value is -1.92. The molecule has 2 heterocycles. The second kappa shape index (κ2) is 7.97. The van der Waals surface area contributed by atoms with Gasteiger partial charge in [-0.1, -0.05) is 30.3 Å². The van der Waals surface area contributed by atoms with Crippen LogP contribution in [0.25, 0.3) is 0 Å². The first-order chi connectivity index (χ1) is 12.1. The molecule has 2 aliphatic heterocycles. The molecular formula is C19H26N2O4. The van der Waals surface area contributed by atoms with E-state index in [9.17, 15) is 9.59 Å². The molecule has 2 atom stereocenters. The van der Waals surface area contributed by atoms with Crippen LogP contribution in [0.5, 0.6) is 0 Å². The minimum Gasteiger partial charge on any atom is -0.381 e. The first-order valence-corrected chi connectivity index (χ1v) is 8.93. The Kier molecular flexibility index (Phi) is 5.71. The van der Waals surface area contributed by atoms with Gasteiger partial charge in [-0.15, -0.1) is 0 Å². The second-order valence-corrected chi connectivity index (χ2v) is 6.88. The quantitative estimate of drug-likeness (QED) is 0.900. The third kappa shape index (κ3) is 4.02. The van der Waals surface area contributed by atoms with Crippen molar-refractivity contribution in [2.24, 2.45) is 0 Å². The Bertz CT molecular complexity index is 599. The topological polar surface area (TPSA) is 67.9 Å². The zero-order valence-corrected chi connectivity index (χ0v) is 14.8. The van der Waals surface area contributed by atoms with Crippen molar-refractivity contribution in [2.45, 2.75) is 50.9 Å². The van der Waals surface area contributed by atoms with Crippen LogP contribution in [0.1, 0.15) is 38.3 Å². The van der Waals surface area contributed by atoms with E-state index in [0.29, 0.717) is 13.2 Å². The van der Waals surface area contributed by atoms with Gasteiger partial charge in [0.05, 0.1) is 6.04 Å². The van der Waals surface area contributed by atoms with Crippen LogP contribution in [0.3, 0.4) is 0 Å². The van der Waals surface area contributed by atoms with Crippen LogP contribution < -0.4 is 5.32 Å². The van der Waals surface area contributed by atoms with Gasteiger partial charge in [0.1, 0.15) is 6.61 Å². The molecule has 2 saturated heterocycles. The molecule has 25 heavy (non-hydrogen) atoms. The van der Waals surface area contributed by atoms with Crippen molar-refractivity contribution in [3.8, 4) is 0 Å². The third-order valence-corrected chi connectivity index (χ3v) is 4.78. The molecule has 2 amide bonds. The fraction of sp³-hybridized carbons (Fsp3) is 0.579. The SMILES string of the molecule is CC(C)N1C(=O)CO[C@H](C(=O)NC2CCOCC2)[C@H]1c1ccccc1. The van der Waals surface area contributed by atoms with E-state index in [1.165, 1.54) is 0 Å². The summed E-state index contributed by atoms with van der Waals surface area (Å²) in [5.74, 6) is -0.238. The zero-order chi connectivity index (χ0) is 17.8. The maximum Gasteiger partial charge on any atom is 0.251 e. The van der Waals surface area contributed by atoms with E-state index >= 15 is 0 Å². The number of amides is 2. The molecule has 1 aromatic carbocycles. The molecule has 3 rings (SSSR count). The highest BCUT2D eigenvalue weighted by Crippen LogP contribution is 2.32. The molecule has 1 N–H and O–H groups in total. The standard InChI is InChI=1S/C19H26N2O4/c1-13(2)21-16(22)12-25-18(17(21)14-6-4-3-5-7-14)19(23)20-15-8-10-24-11-9-15/h3-7,13,15,17-18H,8-12H2,1-2H3,(H,20,23)/t17-,18+/m1/s1. The maximum atomic E-state index is 12.9. The normalized spacial score (nSPS) is 25.2. The molecule has 2 fully saturated rings. The van der Waals surface area contributed by atoms with E-state index in [4.69, 9.17) is 9.47 Å². The lowest BCUT2D eigenvalue weighted by Crippen LogP contribution is -2.57. The Morgan fingerprint density at radius 3 is 2.52 bits per heavy atom. The first kappa shape index (κ1) is 17.9. The minimum atomic E-state index is -0.703. The summed E-state index contributed by atoms with van der Waals surface area (Å²) in [6.45, 7) is 5.19. The predicted octanol–water partition coefficient (Wildman–Crippen LogP) is 1.66. The number of ether oxygens (including phenoxy) is 2. The molecule has 6 heteroatoms. The van der Waals surface area contributed by atoms with Gasteiger partial charge in [-0.3, -0.25) is 9.59 Å². The van der Waals surface area contributed by atoms with E-state index in [-0.39, 0.29) is 30.5 Å². The van der Waals surface area contributed by atoms with Crippen LogP contribution in [0.15, 0.2) is 30.3 Å². The van der Waals surface area contributed by atoms with Gasteiger partial charge >= 0.3 is 0 Å². The van der Waals surface area contributed by atoms with Crippen molar-refractivity contribution in [3.05, 3.63) is 35.9 Å². The summed E-state index contributed by atoms with van der Waals surface area (Å²) >= 11 is 0. The van der Waals surface area contributed by atoms with Gasteiger partial charge in [0.2, 0.25) is 5.91 Å². The summed E-state index contributed by atoms with van der Waals surface area (Å²) in [4.78, 5) is 27.1. The van der Waals surface area contributed by atoms with Gasteiger partial charge in [0.15, 0.2) is 6.10 Å². The summed E-state index contributed by atoms with van der Waals surface area (Å²) in [7, 11) is 0. The Morgan fingerprint density at radius 2 is 1.88 bits per heavy atom. The number of nitrogens with one attached hydrogen (secondary N) is 1. The highest BCUT2D eigenvalue weighted by Gasteiger charge is 2.43. The number of hydrogen-bond donors (Lipinski definition) is 1. The average Bonchev–Trinajstić information content (AvgIpc) is 2.62. The smallest absolute Gasteiger partial charge is 0.251 e. The van der Waals surface area contributed by atoms with E-state index < -0.39 is 12.1 Å². The van der Waals surface area contributed by atoms with Gasteiger partial charge in [0, 0.05) is 25.3 Å². The van der Waals surface area contributed by atoms with Crippen molar-refractivity contribution < 1.29 is 19.1 Å². The fourth-order valence-corrected chi connectivity index (χ4v) is 3.57. The second-order valence-electron chi connectivity index (χ2n) is 6.88. The van der Waals surface area contributed by atoms with Crippen LogP contribution in [0.4, 0.5) is 0 Å². The van der Waals surface area contributed by atoms with Crippen molar-refractivity contribution >= 4 is 11.8 Å². The largest absolute Gasteiger partial charge is 0.381 e. The Labute approximate surface area is 148 Å². The molecule has 0 radical (unpaired) electrons. The van der Waals surface area contributed by atoms with Crippen molar-refractivity contribution in [2.75, 3.05) is 19.8 Å². The predicted molar refractivity (Wildman–Crippen MR) is 92.9 cm³/mol. The maximum absolute atomic E-state index is 12.9. The van der Waals surface area contributed by atoms with E-state index in [1.807, 2.05) is 44.2 Å². The lowest BCUT2D eigenvalue weighted by molar-refractivity contribution is -0.167. The molecule has 0 saturated carbocycles. The molecule has 0 bridgehead atoms. The molecular weight excluding hydrogens is 320 g/mol. The molecule has 6 nitrogen and oxygen atoms in total. The highest BCUT2D eigenvalue weighted by molar-refractivity contribution is 5.86. The summed E-state index contributed by atoms with van der Waals surface area (Å²) in [5.41, 5.74) is 0.913. The Morgan fingerprint density at radius 1 is 1.20 bits per heavy atom. The molecule has 0 unspecified atom stereocenters. The van der Waals surface area contributed by atoms with Gasteiger partial charge in [0.25, 0.3) is 5.91 Å². The number of carbonyl (C=O) groups excluding carboxylic acids is 2. The summed E-state index contributed by atoms with van der Waals surface area (Å²) in [6, 6.07) is 9.31. The van der Waals surface area contributed by atoms with Gasteiger partial charge in [-0.25, -0.2) is 0 Å². The fourth-order valence-electron chi connectivity index (χ4n) is 3.57. The number of rotatable bonds is 4. The number of nitrogens with zero attached hydrogens (tertiary/aromatic N) is 1. The van der Waals surface area contributed by atoms with Crippen molar-refractivity contribution in [3.63, 3.8) is 0 Å². The van der Waals surface area contributed by atoms with Crippen molar-refractivity contribution in [1.29, 1.82) is 0 Å². The third-order valence-electron chi connectivity index (χ3n) is 4.78. The van der Waals surface area contributed by atoms with Gasteiger partial charge in [-0.05, 0) is 32.3 Å². The van der Waals surface area contributed by atoms with Crippen LogP contribution in [0, 0.1) is 0 Å². The molecule has 136 valence electrons. The number of hydrogen-bond acceptors (Lipinski definition) is 4. The van der Waals surface area contributed by atoms with Gasteiger partial charge < -0.3 is 19.7 Å². The molecule has 0 spiro atoms. The minimum absolute atomic E-state index is 0.0139. The lowest BCUT2D eigenvalue weighted by Gasteiger charge is -2.43. The first-order valence-electron chi connectivity index (χ1n) is 8.93. The summed E-state index contributed by atoms with van der Waals surface area (Å²) in [5, 5.41) is 3.08. The molecule has 1 aromatic rings. The van der Waals surface area contributed by atoms with Crippen LogP contribution in [-0.2, 0) is 19.1 Å². The molecule has 0 aliphatic carbocycles. The van der Waals surface area contributed by atoms with Crippen LogP contribution in [0.2, 0.25) is 0 Å². The zero-order valence-electron chi connectivity index (χ0n) is 14.8. The van der Waals surface area contributed by atoms with E-state index in [2.05, 4.69) is 5.32 Å². The highest BCUT2D eigenvalue weighted by atomic mass is 16.5. The lowest BCUT2D eigenvalue weighted by atomic mass is 9.95. The van der Waals surface area contributed by atoms with E-state index in [1.54, 1.807) is 4.90 Å². The van der Waals surface area contributed by atoms with Crippen molar-refractivity contribution in [1.82, 2.24) is 10.2 Å². The Balaban J connectivity index is 1.84. The average molecular weight is 346 g/mol. The summed E-state index contributed by atoms with van der Waals surface area (Å²) in [6.07, 6.45) is 0.910. The van der Waals surface area contributed by atoms with E-state index in [0.717, 1.165) is 18.4 Å². The summed E-state index contributed by atoms with van der Waals surface area (Å²) < 4.78 is 11.1. The van der Waals surface area contributed by atoms with Crippen LogP contribution in [-0.4, -0.2) is 54.7 Å². The van der Waals surface area contributed by atoms with Gasteiger partial charge in [-0.2, -0.15) is 0 Å². The monoisotopic (exact) mass is 346 g/mol.